The number of amides is 2. The molecule has 4 nitrogen and oxygen atoms in total. The van der Waals surface area contributed by atoms with Crippen molar-refractivity contribution in [1.82, 2.24) is 9.47 Å². The van der Waals surface area contributed by atoms with Gasteiger partial charge in [-0.25, -0.2) is 4.79 Å². The molecule has 0 fully saturated rings. The molecule has 1 aliphatic rings. The normalized spacial score (nSPS) is 15.1. The molecule has 1 aliphatic heterocycles. The van der Waals surface area contributed by atoms with Crippen LogP contribution in [0.15, 0.2) is 97.2 Å². The molecule has 0 spiro atoms. The molecule has 0 aliphatic carbocycles. The van der Waals surface area contributed by atoms with Crippen LogP contribution in [0.3, 0.4) is 0 Å². The first kappa shape index (κ1) is 18.3. The Morgan fingerprint density at radius 1 is 0.900 bits per heavy atom. The number of nitrogens with one attached hydrogen (secondary N) is 1. The number of nitrogens with zero attached hydrogens (tertiary/aromatic N) is 2. The maximum atomic E-state index is 13.6. The fourth-order valence-corrected chi connectivity index (χ4v) is 4.24. The fraction of sp³-hybridized carbons (Fsp3) is 0.115. The van der Waals surface area contributed by atoms with Crippen LogP contribution in [-0.4, -0.2) is 15.5 Å². The lowest BCUT2D eigenvalue weighted by Crippen LogP contribution is -2.37. The van der Waals surface area contributed by atoms with E-state index in [0.717, 1.165) is 33.8 Å². The number of carbonyl (C=O) groups is 1. The molecule has 30 heavy (non-hydrogen) atoms. The average Bonchev–Trinajstić information content (AvgIpc) is 3.18. The van der Waals surface area contributed by atoms with Gasteiger partial charge in [-0.15, -0.1) is 0 Å². The van der Waals surface area contributed by atoms with Gasteiger partial charge < -0.3 is 14.8 Å². The van der Waals surface area contributed by atoms with E-state index < -0.39 is 0 Å². The second-order valence-corrected chi connectivity index (χ2v) is 7.67. The molecule has 148 valence electrons. The van der Waals surface area contributed by atoms with Gasteiger partial charge in [0.2, 0.25) is 0 Å². The Labute approximate surface area is 176 Å². The van der Waals surface area contributed by atoms with Crippen molar-refractivity contribution in [2.24, 2.45) is 0 Å². The van der Waals surface area contributed by atoms with E-state index in [1.807, 2.05) is 72.5 Å². The van der Waals surface area contributed by atoms with Gasteiger partial charge in [0, 0.05) is 17.6 Å². The lowest BCUT2D eigenvalue weighted by atomic mass is 10.0. The summed E-state index contributed by atoms with van der Waals surface area (Å²) in [5.74, 6) is 0. The highest BCUT2D eigenvalue weighted by molar-refractivity contribution is 5.90. The number of urea groups is 1. The van der Waals surface area contributed by atoms with E-state index in [1.54, 1.807) is 0 Å². The lowest BCUT2D eigenvalue weighted by molar-refractivity contribution is 0.194. The second kappa shape index (κ2) is 7.56. The van der Waals surface area contributed by atoms with E-state index in [9.17, 15) is 4.79 Å². The van der Waals surface area contributed by atoms with Gasteiger partial charge in [-0.3, -0.25) is 0 Å². The maximum Gasteiger partial charge on any atom is 0.322 e. The number of benzene rings is 3. The number of aryl methyl sites for hydroxylation is 1. The van der Waals surface area contributed by atoms with Gasteiger partial charge >= 0.3 is 6.03 Å². The van der Waals surface area contributed by atoms with E-state index in [4.69, 9.17) is 0 Å². The van der Waals surface area contributed by atoms with E-state index in [1.165, 1.54) is 0 Å². The third-order valence-electron chi connectivity index (χ3n) is 5.61. The fourth-order valence-electron chi connectivity index (χ4n) is 4.24. The topological polar surface area (TPSA) is 37.3 Å². The smallest absolute Gasteiger partial charge is 0.318 e. The molecule has 5 rings (SSSR count). The first-order valence-corrected chi connectivity index (χ1v) is 10.2. The van der Waals surface area contributed by atoms with Gasteiger partial charge in [0.25, 0.3) is 0 Å². The zero-order chi connectivity index (χ0) is 20.5. The minimum Gasteiger partial charge on any atom is -0.318 e. The Bertz CT molecular complexity index is 1200. The van der Waals surface area contributed by atoms with Gasteiger partial charge in [0.1, 0.15) is 0 Å². The van der Waals surface area contributed by atoms with Gasteiger partial charge in [-0.1, -0.05) is 60.7 Å². The number of fused-ring (bicyclic) bond motifs is 3. The SMILES string of the molecule is Cc1cccc(NC(=O)N2Cc3ccccc3-n3cccc3[C@H]2c2ccccc2)c1. The molecule has 0 unspecified atom stereocenters. The number of aromatic nitrogens is 1. The molecular formula is C26H23N3O. The number of carbonyl (C=O) groups excluding carboxylic acids is 1. The molecule has 1 atom stereocenters. The van der Waals surface area contributed by atoms with Crippen molar-refractivity contribution in [3.8, 4) is 5.69 Å². The highest BCUT2D eigenvalue weighted by Crippen LogP contribution is 2.36. The molecule has 1 aromatic heterocycles. The minimum absolute atomic E-state index is 0.112. The van der Waals surface area contributed by atoms with Crippen molar-refractivity contribution in [3.05, 3.63) is 120 Å². The monoisotopic (exact) mass is 393 g/mol. The summed E-state index contributed by atoms with van der Waals surface area (Å²) in [4.78, 5) is 15.5. The van der Waals surface area contributed by atoms with Crippen LogP contribution in [0.2, 0.25) is 0 Å². The van der Waals surface area contributed by atoms with Crippen molar-refractivity contribution < 1.29 is 4.79 Å². The summed E-state index contributed by atoms with van der Waals surface area (Å²) in [6, 6.07) is 30.3. The van der Waals surface area contributed by atoms with Gasteiger partial charge in [0.15, 0.2) is 0 Å². The molecule has 1 N–H and O–H groups in total. The number of hydrogen-bond donors (Lipinski definition) is 1. The standard InChI is InChI=1S/C26H23N3O/c1-19-9-7-13-22(17-19)27-26(30)29-18-21-12-5-6-14-23(21)28-16-8-15-24(28)25(29)20-10-3-2-4-11-20/h2-17,25H,18H2,1H3,(H,27,30)/t25-/m1/s1. The predicted octanol–water partition coefficient (Wildman–Crippen LogP) is 5.92. The van der Waals surface area contributed by atoms with E-state index in [0.29, 0.717) is 6.54 Å². The zero-order valence-electron chi connectivity index (χ0n) is 16.8. The first-order valence-electron chi connectivity index (χ1n) is 10.2. The number of rotatable bonds is 2. The van der Waals surface area contributed by atoms with Crippen molar-refractivity contribution in [1.29, 1.82) is 0 Å². The Balaban J connectivity index is 1.63. The van der Waals surface area contributed by atoms with Crippen LogP contribution >= 0.6 is 0 Å². The van der Waals surface area contributed by atoms with Crippen LogP contribution in [-0.2, 0) is 6.54 Å². The van der Waals surface area contributed by atoms with Crippen LogP contribution in [0.1, 0.15) is 28.4 Å². The molecule has 0 saturated heterocycles. The summed E-state index contributed by atoms with van der Waals surface area (Å²) in [5.41, 5.74) is 6.31. The summed E-state index contributed by atoms with van der Waals surface area (Å²) in [7, 11) is 0. The molecule has 2 heterocycles. The highest BCUT2D eigenvalue weighted by atomic mass is 16.2. The van der Waals surface area contributed by atoms with Crippen molar-refractivity contribution >= 4 is 11.7 Å². The summed E-state index contributed by atoms with van der Waals surface area (Å²) < 4.78 is 2.20. The maximum absolute atomic E-state index is 13.6. The van der Waals surface area contributed by atoms with Gasteiger partial charge in [0.05, 0.1) is 18.3 Å². The predicted molar refractivity (Wildman–Crippen MR) is 120 cm³/mol. The number of hydrogen-bond acceptors (Lipinski definition) is 1. The third-order valence-corrected chi connectivity index (χ3v) is 5.61. The van der Waals surface area contributed by atoms with Gasteiger partial charge in [-0.2, -0.15) is 0 Å². The molecule has 3 aromatic carbocycles. The largest absolute Gasteiger partial charge is 0.322 e. The average molecular weight is 393 g/mol. The van der Waals surface area contributed by atoms with E-state index in [-0.39, 0.29) is 12.1 Å². The summed E-state index contributed by atoms with van der Waals surface area (Å²) >= 11 is 0. The molecular weight excluding hydrogens is 370 g/mol. The second-order valence-electron chi connectivity index (χ2n) is 7.67. The van der Waals surface area contributed by atoms with Crippen LogP contribution in [0.5, 0.6) is 0 Å². The molecule has 2 amide bonds. The van der Waals surface area contributed by atoms with Crippen molar-refractivity contribution in [2.45, 2.75) is 19.5 Å². The van der Waals surface area contributed by atoms with E-state index >= 15 is 0 Å². The van der Waals surface area contributed by atoms with Crippen LogP contribution < -0.4 is 5.32 Å². The van der Waals surface area contributed by atoms with Crippen molar-refractivity contribution in [3.63, 3.8) is 0 Å². The molecule has 4 heteroatoms. The first-order chi connectivity index (χ1) is 14.7. The summed E-state index contributed by atoms with van der Waals surface area (Å²) in [6.07, 6.45) is 2.08. The minimum atomic E-state index is -0.196. The lowest BCUT2D eigenvalue weighted by Gasteiger charge is -2.31. The van der Waals surface area contributed by atoms with Crippen LogP contribution in [0.4, 0.5) is 10.5 Å². The third kappa shape index (κ3) is 3.26. The number of para-hydroxylation sites is 1. The van der Waals surface area contributed by atoms with E-state index in [2.05, 4.69) is 46.4 Å². The quantitative estimate of drug-likeness (QED) is 0.451. The summed E-state index contributed by atoms with van der Waals surface area (Å²) in [6.45, 7) is 2.55. The Morgan fingerprint density at radius 2 is 1.70 bits per heavy atom. The van der Waals surface area contributed by atoms with Gasteiger partial charge in [-0.05, 0) is 53.9 Å². The molecule has 0 radical (unpaired) electrons. The molecule has 0 bridgehead atoms. The molecule has 4 aromatic rings. The summed E-state index contributed by atoms with van der Waals surface area (Å²) in [5, 5.41) is 3.11. The van der Waals surface area contributed by atoms with Crippen LogP contribution in [0.25, 0.3) is 5.69 Å². The highest BCUT2D eigenvalue weighted by Gasteiger charge is 2.32. The number of anilines is 1. The Morgan fingerprint density at radius 3 is 2.53 bits per heavy atom. The zero-order valence-corrected chi connectivity index (χ0v) is 16.8. The molecule has 0 saturated carbocycles. The Hall–Kier alpha value is -3.79. The Kier molecular flexibility index (Phi) is 4.60. The van der Waals surface area contributed by atoms with Crippen molar-refractivity contribution in [2.75, 3.05) is 5.32 Å². The van der Waals surface area contributed by atoms with Crippen LogP contribution in [0, 0.1) is 6.92 Å².